The summed E-state index contributed by atoms with van der Waals surface area (Å²) in [6.45, 7) is 1.96. The zero-order valence-electron chi connectivity index (χ0n) is 15.7. The Morgan fingerprint density at radius 3 is 2.79 bits per heavy atom. The molecule has 1 aromatic heterocycles. The van der Waals surface area contributed by atoms with Crippen molar-refractivity contribution in [1.82, 2.24) is 4.98 Å². The lowest BCUT2D eigenvalue weighted by Gasteiger charge is -2.30. The van der Waals surface area contributed by atoms with Gasteiger partial charge < -0.3 is 11.1 Å². The fourth-order valence-corrected chi connectivity index (χ4v) is 4.91. The molecular weight excluding hydrogens is 407 g/mol. The molecule has 3 aromatic rings. The number of thioether (sulfide) groups is 1. The van der Waals surface area contributed by atoms with Crippen LogP contribution >= 0.6 is 23.1 Å². The smallest absolute Gasteiger partial charge is 0.275 e. The van der Waals surface area contributed by atoms with Crippen molar-refractivity contribution in [1.29, 1.82) is 0 Å². The summed E-state index contributed by atoms with van der Waals surface area (Å²) >= 11 is 2.88. The Hall–Kier alpha value is -2.71. The number of benzene rings is 2. The van der Waals surface area contributed by atoms with Gasteiger partial charge in [0.15, 0.2) is 5.17 Å². The summed E-state index contributed by atoms with van der Waals surface area (Å²) in [5.41, 5.74) is 7.44. The van der Waals surface area contributed by atoms with Crippen molar-refractivity contribution >= 4 is 39.9 Å². The normalized spacial score (nSPS) is 18.9. The number of nitrogens with zero attached hydrogens (tertiary/aromatic N) is 2. The van der Waals surface area contributed by atoms with Gasteiger partial charge in [-0.15, -0.1) is 11.3 Å². The number of anilines is 1. The minimum absolute atomic E-state index is 0.106. The summed E-state index contributed by atoms with van der Waals surface area (Å²) in [7, 11) is 0. The molecule has 4 rings (SSSR count). The van der Waals surface area contributed by atoms with Gasteiger partial charge in [0, 0.05) is 16.7 Å². The average Bonchev–Trinajstić information content (AvgIpc) is 3.20. The monoisotopic (exact) mass is 426 g/mol. The molecule has 0 fully saturated rings. The molecule has 0 aliphatic carbocycles. The summed E-state index contributed by atoms with van der Waals surface area (Å²) in [5.74, 6) is -0.121. The van der Waals surface area contributed by atoms with Crippen LogP contribution in [0.1, 0.15) is 29.4 Å². The second-order valence-electron chi connectivity index (χ2n) is 6.88. The molecule has 1 amide bonds. The third kappa shape index (κ3) is 4.18. The SMILES string of the molecule is CC1(c2ccc(F)c(NC(=O)c3csc(-c4ccccc4)n3)c2)CCSC(N)=N1. The molecule has 2 aromatic carbocycles. The van der Waals surface area contributed by atoms with Crippen molar-refractivity contribution in [2.45, 2.75) is 18.9 Å². The number of nitrogens with two attached hydrogens (primary N) is 1. The second kappa shape index (κ2) is 7.96. The molecule has 148 valence electrons. The Labute approximate surface area is 176 Å². The van der Waals surface area contributed by atoms with Crippen molar-refractivity contribution in [3.8, 4) is 10.6 Å². The van der Waals surface area contributed by atoms with E-state index in [0.29, 0.717) is 5.17 Å². The van der Waals surface area contributed by atoms with Crippen LogP contribution in [0.2, 0.25) is 0 Å². The molecule has 0 saturated heterocycles. The standard InChI is InChI=1S/C21H19FN4OS2/c1-21(9-10-28-20(23)26-21)14-7-8-15(22)16(11-14)24-18(27)17-12-29-19(25-17)13-5-3-2-4-6-13/h2-8,11-12H,9-10H2,1H3,(H2,23,26)(H,24,27). The minimum Gasteiger partial charge on any atom is -0.379 e. The maximum absolute atomic E-state index is 14.4. The van der Waals surface area contributed by atoms with Gasteiger partial charge in [0.2, 0.25) is 0 Å². The van der Waals surface area contributed by atoms with E-state index in [0.717, 1.165) is 28.3 Å². The van der Waals surface area contributed by atoms with Crippen LogP contribution in [0.25, 0.3) is 10.6 Å². The Balaban J connectivity index is 1.57. The molecule has 1 unspecified atom stereocenters. The molecule has 5 nitrogen and oxygen atoms in total. The number of hydrogen-bond donors (Lipinski definition) is 2. The summed E-state index contributed by atoms with van der Waals surface area (Å²) in [6.07, 6.45) is 0.782. The molecule has 3 N–H and O–H groups in total. The van der Waals surface area contributed by atoms with Crippen LogP contribution in [0.15, 0.2) is 58.9 Å². The van der Waals surface area contributed by atoms with Gasteiger partial charge in [0.25, 0.3) is 5.91 Å². The van der Waals surface area contributed by atoms with Crippen molar-refractivity contribution in [2.24, 2.45) is 10.7 Å². The van der Waals surface area contributed by atoms with Gasteiger partial charge >= 0.3 is 0 Å². The number of carbonyl (C=O) groups excluding carboxylic acids is 1. The molecule has 0 radical (unpaired) electrons. The Morgan fingerprint density at radius 2 is 2.03 bits per heavy atom. The Bertz CT molecular complexity index is 1080. The van der Waals surface area contributed by atoms with Gasteiger partial charge in [-0.2, -0.15) is 0 Å². The number of amidine groups is 1. The van der Waals surface area contributed by atoms with Crippen LogP contribution in [0.3, 0.4) is 0 Å². The highest BCUT2D eigenvalue weighted by molar-refractivity contribution is 8.13. The fraction of sp³-hybridized carbons (Fsp3) is 0.190. The summed E-state index contributed by atoms with van der Waals surface area (Å²) in [4.78, 5) is 21.6. The van der Waals surface area contributed by atoms with Crippen LogP contribution in [0, 0.1) is 5.82 Å². The number of amides is 1. The molecule has 8 heteroatoms. The molecule has 1 atom stereocenters. The summed E-state index contributed by atoms with van der Waals surface area (Å²) in [5, 5.41) is 5.57. The minimum atomic E-state index is -0.538. The highest BCUT2D eigenvalue weighted by atomic mass is 32.2. The zero-order chi connectivity index (χ0) is 20.4. The van der Waals surface area contributed by atoms with Crippen LogP contribution in [0.5, 0.6) is 0 Å². The number of thiazole rings is 1. The molecule has 1 aliphatic rings. The average molecular weight is 427 g/mol. The Morgan fingerprint density at radius 1 is 1.24 bits per heavy atom. The maximum atomic E-state index is 14.4. The van der Waals surface area contributed by atoms with E-state index in [9.17, 15) is 9.18 Å². The lowest BCUT2D eigenvalue weighted by Crippen LogP contribution is -2.29. The van der Waals surface area contributed by atoms with Crippen LogP contribution < -0.4 is 11.1 Å². The van der Waals surface area contributed by atoms with Crippen LogP contribution in [0.4, 0.5) is 10.1 Å². The molecule has 0 saturated carbocycles. The first-order valence-electron chi connectivity index (χ1n) is 9.05. The van der Waals surface area contributed by atoms with E-state index < -0.39 is 17.3 Å². The van der Waals surface area contributed by atoms with E-state index in [1.165, 1.54) is 29.2 Å². The number of aromatic nitrogens is 1. The van der Waals surface area contributed by atoms with E-state index in [-0.39, 0.29) is 11.4 Å². The van der Waals surface area contributed by atoms with Crippen molar-refractivity contribution in [3.63, 3.8) is 0 Å². The van der Waals surface area contributed by atoms with Gasteiger partial charge in [-0.25, -0.2) is 9.37 Å². The predicted octanol–water partition coefficient (Wildman–Crippen LogP) is 4.87. The van der Waals surface area contributed by atoms with Crippen LogP contribution in [-0.4, -0.2) is 21.8 Å². The largest absolute Gasteiger partial charge is 0.379 e. The topological polar surface area (TPSA) is 80.4 Å². The highest BCUT2D eigenvalue weighted by Crippen LogP contribution is 2.36. The molecular formula is C21H19FN4OS2. The number of rotatable bonds is 4. The van der Waals surface area contributed by atoms with E-state index in [2.05, 4.69) is 15.3 Å². The van der Waals surface area contributed by atoms with E-state index >= 15 is 0 Å². The van der Waals surface area contributed by atoms with Gasteiger partial charge in [0.05, 0.1) is 11.2 Å². The zero-order valence-corrected chi connectivity index (χ0v) is 17.3. The third-order valence-corrected chi connectivity index (χ3v) is 6.48. The Kier molecular flexibility index (Phi) is 5.38. The van der Waals surface area contributed by atoms with Gasteiger partial charge in [-0.3, -0.25) is 9.79 Å². The molecule has 0 bridgehead atoms. The van der Waals surface area contributed by atoms with Crippen molar-refractivity contribution in [3.05, 3.63) is 71.0 Å². The van der Waals surface area contributed by atoms with Gasteiger partial charge in [0.1, 0.15) is 16.5 Å². The van der Waals surface area contributed by atoms with Gasteiger partial charge in [-0.1, -0.05) is 48.2 Å². The lowest BCUT2D eigenvalue weighted by molar-refractivity contribution is 0.102. The number of aliphatic imine (C=N–C) groups is 1. The van der Waals surface area contributed by atoms with Gasteiger partial charge in [-0.05, 0) is 31.0 Å². The first-order valence-corrected chi connectivity index (χ1v) is 10.9. The number of halogens is 1. The number of carbonyl (C=O) groups is 1. The summed E-state index contributed by atoms with van der Waals surface area (Å²) in [6, 6.07) is 14.3. The highest BCUT2D eigenvalue weighted by Gasteiger charge is 2.30. The lowest BCUT2D eigenvalue weighted by atomic mass is 9.89. The van der Waals surface area contributed by atoms with Crippen molar-refractivity contribution in [2.75, 3.05) is 11.1 Å². The third-order valence-electron chi connectivity index (χ3n) is 4.79. The van der Waals surface area contributed by atoms with Crippen molar-refractivity contribution < 1.29 is 9.18 Å². The maximum Gasteiger partial charge on any atom is 0.275 e. The first kappa shape index (κ1) is 19.6. The molecule has 2 heterocycles. The quantitative estimate of drug-likeness (QED) is 0.624. The predicted molar refractivity (Wildman–Crippen MR) is 118 cm³/mol. The summed E-state index contributed by atoms with van der Waals surface area (Å²) < 4.78 is 14.4. The van der Waals surface area contributed by atoms with E-state index in [1.54, 1.807) is 17.5 Å². The van der Waals surface area contributed by atoms with Crippen LogP contribution in [-0.2, 0) is 5.54 Å². The molecule has 0 spiro atoms. The first-order chi connectivity index (χ1) is 13.9. The molecule has 29 heavy (non-hydrogen) atoms. The second-order valence-corrected chi connectivity index (χ2v) is 8.85. The molecule has 1 aliphatic heterocycles. The number of hydrogen-bond acceptors (Lipinski definition) is 6. The van der Waals surface area contributed by atoms with E-state index in [4.69, 9.17) is 5.73 Å². The number of nitrogens with one attached hydrogen (secondary N) is 1. The van der Waals surface area contributed by atoms with E-state index in [1.807, 2.05) is 37.3 Å². The fourth-order valence-electron chi connectivity index (χ4n) is 3.13.